The van der Waals surface area contributed by atoms with Crippen LogP contribution in [-0.4, -0.2) is 64.4 Å². The molecule has 1 saturated carbocycles. The molecule has 0 unspecified atom stereocenters. The molecule has 6 nitrogen and oxygen atoms in total. The van der Waals surface area contributed by atoms with Crippen LogP contribution in [0.15, 0.2) is 29.2 Å². The molecule has 1 aromatic rings. The van der Waals surface area contributed by atoms with Crippen LogP contribution in [0.4, 0.5) is 0 Å². The minimum Gasteiger partial charge on any atom is -0.469 e. The standard InChI is InChI=1S/C21H32N2O4S/c1-20(2)13-21(14-22(3)4)15-23(12-18(20)21)28(25,26)17-9-6-16(7-10-17)8-11-19(24)27-5/h6-7,9-10,18H,8,11-15H2,1-5H3/t18-,21+/m1/s1. The maximum absolute atomic E-state index is 13.3. The molecule has 7 heteroatoms. The van der Waals surface area contributed by atoms with E-state index in [0.717, 1.165) is 18.5 Å². The zero-order chi connectivity index (χ0) is 20.7. The molecule has 1 aliphatic carbocycles. The van der Waals surface area contributed by atoms with Gasteiger partial charge in [0.1, 0.15) is 0 Å². The fraction of sp³-hybridized carbons (Fsp3) is 0.667. The summed E-state index contributed by atoms with van der Waals surface area (Å²) in [5.74, 6) is 0.120. The maximum Gasteiger partial charge on any atom is 0.305 e. The van der Waals surface area contributed by atoms with Crippen LogP contribution in [0.25, 0.3) is 0 Å². The second-order valence-electron chi connectivity index (χ2n) is 9.34. The molecule has 1 aromatic carbocycles. The van der Waals surface area contributed by atoms with E-state index in [1.165, 1.54) is 7.11 Å². The highest BCUT2D eigenvalue weighted by molar-refractivity contribution is 7.89. The van der Waals surface area contributed by atoms with Crippen molar-refractivity contribution in [3.8, 4) is 0 Å². The molecule has 1 saturated heterocycles. The summed E-state index contributed by atoms with van der Waals surface area (Å²) >= 11 is 0. The third-order valence-corrected chi connectivity index (χ3v) is 8.23. The van der Waals surface area contributed by atoms with Crippen molar-refractivity contribution in [2.45, 2.75) is 38.0 Å². The molecular weight excluding hydrogens is 376 g/mol. The molecule has 0 N–H and O–H groups in total. The maximum atomic E-state index is 13.3. The second-order valence-corrected chi connectivity index (χ2v) is 11.3. The Morgan fingerprint density at radius 2 is 1.89 bits per heavy atom. The number of benzene rings is 1. The van der Waals surface area contributed by atoms with Crippen LogP contribution in [0.3, 0.4) is 0 Å². The number of hydrogen-bond acceptors (Lipinski definition) is 5. The van der Waals surface area contributed by atoms with E-state index in [1.54, 1.807) is 28.6 Å². The van der Waals surface area contributed by atoms with Gasteiger partial charge < -0.3 is 9.64 Å². The zero-order valence-corrected chi connectivity index (χ0v) is 18.4. The summed E-state index contributed by atoms with van der Waals surface area (Å²) in [6, 6.07) is 6.90. The molecule has 0 amide bonds. The first-order valence-electron chi connectivity index (χ1n) is 9.81. The fourth-order valence-corrected chi connectivity index (χ4v) is 6.98. The van der Waals surface area contributed by atoms with Gasteiger partial charge in [-0.25, -0.2) is 8.42 Å². The lowest BCUT2D eigenvalue weighted by Crippen LogP contribution is -2.57. The van der Waals surface area contributed by atoms with Gasteiger partial charge in [0, 0.05) is 31.5 Å². The van der Waals surface area contributed by atoms with Gasteiger partial charge in [0.15, 0.2) is 0 Å². The van der Waals surface area contributed by atoms with Crippen molar-refractivity contribution < 1.29 is 17.9 Å². The van der Waals surface area contributed by atoms with Gasteiger partial charge in [-0.3, -0.25) is 4.79 Å². The van der Waals surface area contributed by atoms with Crippen molar-refractivity contribution in [2.24, 2.45) is 16.7 Å². The molecule has 2 atom stereocenters. The quantitative estimate of drug-likeness (QED) is 0.648. The molecule has 1 heterocycles. The topological polar surface area (TPSA) is 66.9 Å². The number of carbonyl (C=O) groups is 1. The first-order valence-corrected chi connectivity index (χ1v) is 11.2. The Labute approximate surface area is 168 Å². The normalized spacial score (nSPS) is 26.7. The van der Waals surface area contributed by atoms with E-state index in [-0.39, 0.29) is 16.8 Å². The highest BCUT2D eigenvalue weighted by Crippen LogP contribution is 2.63. The number of rotatable bonds is 7. The van der Waals surface area contributed by atoms with Crippen LogP contribution in [0.1, 0.15) is 32.3 Å². The smallest absolute Gasteiger partial charge is 0.305 e. The van der Waals surface area contributed by atoms with Crippen molar-refractivity contribution in [1.29, 1.82) is 0 Å². The summed E-state index contributed by atoms with van der Waals surface area (Å²) in [5, 5.41) is 0. The average Bonchev–Trinajstić information content (AvgIpc) is 2.94. The Bertz CT molecular complexity index is 828. The van der Waals surface area contributed by atoms with Gasteiger partial charge in [0.25, 0.3) is 0 Å². The van der Waals surface area contributed by atoms with Crippen molar-refractivity contribution in [3.05, 3.63) is 29.8 Å². The van der Waals surface area contributed by atoms with E-state index >= 15 is 0 Å². The number of ether oxygens (including phenoxy) is 1. The zero-order valence-electron chi connectivity index (χ0n) is 17.6. The Morgan fingerprint density at radius 3 is 2.43 bits per heavy atom. The monoisotopic (exact) mass is 408 g/mol. The highest BCUT2D eigenvalue weighted by Gasteiger charge is 2.64. The van der Waals surface area contributed by atoms with Crippen molar-refractivity contribution >= 4 is 16.0 Å². The average molecular weight is 409 g/mol. The van der Waals surface area contributed by atoms with Gasteiger partial charge in [0.2, 0.25) is 10.0 Å². The SMILES string of the molecule is COC(=O)CCc1ccc(S(=O)(=O)N2C[C@@H]3C(C)(C)C[C@]3(CN(C)C)C2)cc1. The molecular formula is C21H32N2O4S. The highest BCUT2D eigenvalue weighted by atomic mass is 32.2. The van der Waals surface area contributed by atoms with E-state index < -0.39 is 10.0 Å². The summed E-state index contributed by atoms with van der Waals surface area (Å²) in [4.78, 5) is 13.8. The Morgan fingerprint density at radius 1 is 1.25 bits per heavy atom. The van der Waals surface area contributed by atoms with Crippen LogP contribution >= 0.6 is 0 Å². The largest absolute Gasteiger partial charge is 0.469 e. The van der Waals surface area contributed by atoms with Gasteiger partial charge in [-0.15, -0.1) is 0 Å². The molecule has 0 spiro atoms. The van der Waals surface area contributed by atoms with E-state index in [2.05, 4.69) is 37.6 Å². The van der Waals surface area contributed by atoms with E-state index in [9.17, 15) is 13.2 Å². The predicted molar refractivity (Wildman–Crippen MR) is 108 cm³/mol. The van der Waals surface area contributed by atoms with E-state index in [0.29, 0.717) is 36.7 Å². The second kappa shape index (κ2) is 7.43. The van der Waals surface area contributed by atoms with Crippen LogP contribution in [-0.2, 0) is 26.0 Å². The van der Waals surface area contributed by atoms with Gasteiger partial charge in [-0.05, 0) is 56.0 Å². The Kier molecular flexibility index (Phi) is 5.64. The molecule has 28 heavy (non-hydrogen) atoms. The minimum atomic E-state index is -3.52. The van der Waals surface area contributed by atoms with Gasteiger partial charge in [-0.2, -0.15) is 4.31 Å². The summed E-state index contributed by atoms with van der Waals surface area (Å²) in [6.07, 6.45) is 1.89. The predicted octanol–water partition coefficient (Wildman–Crippen LogP) is 2.39. The van der Waals surface area contributed by atoms with Crippen LogP contribution in [0.5, 0.6) is 0 Å². The van der Waals surface area contributed by atoms with E-state index in [1.807, 2.05) is 0 Å². The molecule has 2 aliphatic rings. The molecule has 0 aromatic heterocycles. The lowest BCUT2D eigenvalue weighted by atomic mass is 9.48. The minimum absolute atomic E-state index is 0.0561. The molecule has 0 radical (unpaired) electrons. The van der Waals surface area contributed by atoms with Crippen LogP contribution < -0.4 is 0 Å². The third-order valence-electron chi connectivity index (χ3n) is 6.41. The van der Waals surface area contributed by atoms with Crippen molar-refractivity contribution in [3.63, 3.8) is 0 Å². The first kappa shape index (κ1) is 21.3. The number of fused-ring (bicyclic) bond motifs is 1. The molecule has 0 bridgehead atoms. The number of carbonyl (C=O) groups excluding carboxylic acids is 1. The molecule has 1 aliphatic heterocycles. The number of esters is 1. The number of sulfonamides is 1. The lowest BCUT2D eigenvalue weighted by molar-refractivity contribution is -0.140. The summed E-state index contributed by atoms with van der Waals surface area (Å²) in [7, 11) is 1.96. The molecule has 2 fully saturated rings. The number of aryl methyl sites for hydroxylation is 1. The van der Waals surface area contributed by atoms with Gasteiger partial charge >= 0.3 is 5.97 Å². The first-order chi connectivity index (χ1) is 13.0. The number of methoxy groups -OCH3 is 1. The number of nitrogens with zero attached hydrogens (tertiary/aromatic N) is 2. The molecule has 3 rings (SSSR count). The Balaban J connectivity index is 1.75. The van der Waals surface area contributed by atoms with Crippen molar-refractivity contribution in [2.75, 3.05) is 40.8 Å². The molecule has 156 valence electrons. The third kappa shape index (κ3) is 3.84. The summed E-state index contributed by atoms with van der Waals surface area (Å²) in [6.45, 7) is 6.59. The summed E-state index contributed by atoms with van der Waals surface area (Å²) < 4.78 is 32.8. The van der Waals surface area contributed by atoms with Crippen LogP contribution in [0.2, 0.25) is 0 Å². The lowest BCUT2D eigenvalue weighted by Gasteiger charge is -2.57. The van der Waals surface area contributed by atoms with E-state index in [4.69, 9.17) is 0 Å². The Hall–Kier alpha value is -1.44. The van der Waals surface area contributed by atoms with Crippen molar-refractivity contribution in [1.82, 2.24) is 9.21 Å². The number of hydrogen-bond donors (Lipinski definition) is 0. The van der Waals surface area contributed by atoms with Gasteiger partial charge in [0.05, 0.1) is 12.0 Å². The van der Waals surface area contributed by atoms with Gasteiger partial charge in [-0.1, -0.05) is 26.0 Å². The fourth-order valence-electron chi connectivity index (χ4n) is 5.43. The summed E-state index contributed by atoms with van der Waals surface area (Å²) in [5.41, 5.74) is 1.16. The van der Waals surface area contributed by atoms with Crippen LogP contribution in [0, 0.1) is 16.7 Å².